The molecular weight excluding hydrogens is 296 g/mol. The van der Waals surface area contributed by atoms with Crippen LogP contribution in [0.25, 0.3) is 11.0 Å². The smallest absolute Gasteiger partial charge is 0.230 e. The maximum absolute atomic E-state index is 12.2. The second kappa shape index (κ2) is 5.93. The highest BCUT2D eigenvalue weighted by Crippen LogP contribution is 2.27. The molecular formula is C17H18N2O2S. The van der Waals surface area contributed by atoms with Crippen molar-refractivity contribution in [2.45, 2.75) is 33.6 Å². The number of aromatic nitrogens is 1. The van der Waals surface area contributed by atoms with Crippen LogP contribution in [0.3, 0.4) is 0 Å². The van der Waals surface area contributed by atoms with Crippen LogP contribution in [0.5, 0.6) is 0 Å². The first-order chi connectivity index (χ1) is 10.6. The zero-order valence-corrected chi connectivity index (χ0v) is 13.7. The van der Waals surface area contributed by atoms with Crippen molar-refractivity contribution in [2.24, 2.45) is 0 Å². The largest absolute Gasteiger partial charge is 0.464 e. The van der Waals surface area contributed by atoms with Gasteiger partial charge in [-0.3, -0.25) is 4.79 Å². The van der Waals surface area contributed by atoms with Gasteiger partial charge >= 0.3 is 0 Å². The molecule has 1 N–H and O–H groups in total. The Balaban J connectivity index is 1.78. The Labute approximate surface area is 133 Å². The number of hydrogen-bond donors (Lipinski definition) is 1. The van der Waals surface area contributed by atoms with Gasteiger partial charge in [-0.1, -0.05) is 19.1 Å². The molecule has 0 radical (unpaired) electrons. The van der Waals surface area contributed by atoms with E-state index in [9.17, 15) is 4.79 Å². The molecule has 0 aliphatic carbocycles. The predicted octanol–water partition coefficient (Wildman–Crippen LogP) is 4.25. The zero-order chi connectivity index (χ0) is 15.7. The van der Waals surface area contributed by atoms with Crippen LogP contribution in [0.4, 0.5) is 5.13 Å². The van der Waals surface area contributed by atoms with Gasteiger partial charge in [-0.05, 0) is 31.4 Å². The van der Waals surface area contributed by atoms with Crippen LogP contribution in [-0.4, -0.2) is 10.9 Å². The van der Waals surface area contributed by atoms with Gasteiger partial charge in [0.25, 0.3) is 0 Å². The lowest BCUT2D eigenvalue weighted by Gasteiger charge is -2.02. The van der Waals surface area contributed by atoms with Gasteiger partial charge in [-0.25, -0.2) is 4.98 Å². The Morgan fingerprint density at radius 1 is 1.36 bits per heavy atom. The Hall–Kier alpha value is -2.14. The highest BCUT2D eigenvalue weighted by molar-refractivity contribution is 7.15. The molecule has 2 aromatic heterocycles. The van der Waals surface area contributed by atoms with Crippen molar-refractivity contribution in [1.29, 1.82) is 0 Å². The zero-order valence-electron chi connectivity index (χ0n) is 12.9. The summed E-state index contributed by atoms with van der Waals surface area (Å²) in [6, 6.07) is 4.07. The number of nitrogens with zero attached hydrogens (tertiary/aromatic N) is 1. The van der Waals surface area contributed by atoms with Crippen LogP contribution in [0.2, 0.25) is 0 Å². The normalized spacial score (nSPS) is 11.0. The number of furan rings is 1. The Morgan fingerprint density at radius 3 is 2.91 bits per heavy atom. The molecule has 0 spiro atoms. The van der Waals surface area contributed by atoms with Gasteiger partial charge in [0.2, 0.25) is 5.91 Å². The molecule has 3 rings (SSSR count). The monoisotopic (exact) mass is 314 g/mol. The number of carbonyl (C=O) groups excluding carboxylic acids is 1. The first kappa shape index (κ1) is 14.8. The number of aryl methyl sites for hydroxylation is 3. The van der Waals surface area contributed by atoms with Crippen LogP contribution < -0.4 is 5.32 Å². The summed E-state index contributed by atoms with van der Waals surface area (Å²) in [5, 5.41) is 4.51. The summed E-state index contributed by atoms with van der Waals surface area (Å²) in [6.07, 6.45) is 4.70. The van der Waals surface area contributed by atoms with Crippen LogP contribution in [0, 0.1) is 13.8 Å². The first-order valence-electron chi connectivity index (χ1n) is 7.29. The third-order valence-electron chi connectivity index (χ3n) is 3.84. The number of amides is 1. The summed E-state index contributed by atoms with van der Waals surface area (Å²) in [5.41, 5.74) is 4.08. The fraction of sp³-hybridized carbons (Fsp3) is 0.294. The molecule has 3 aromatic rings. The maximum Gasteiger partial charge on any atom is 0.230 e. The SMILES string of the molecule is CCc1cnc(NC(=O)Cc2coc3c(C)c(C)ccc23)s1. The fourth-order valence-corrected chi connectivity index (χ4v) is 3.16. The van der Waals surface area contributed by atoms with E-state index in [2.05, 4.69) is 30.2 Å². The molecule has 0 fully saturated rings. The standard InChI is InChI=1S/C17H18N2O2S/c1-4-13-8-18-17(22-13)19-15(20)7-12-9-21-16-11(3)10(2)5-6-14(12)16/h5-6,8-9H,4,7H2,1-3H3,(H,18,19,20). The van der Waals surface area contributed by atoms with E-state index in [0.29, 0.717) is 5.13 Å². The molecule has 0 atom stereocenters. The van der Waals surface area contributed by atoms with Gasteiger partial charge in [0.15, 0.2) is 5.13 Å². The number of carbonyl (C=O) groups is 1. The van der Waals surface area contributed by atoms with Crippen LogP contribution in [0.15, 0.2) is 29.0 Å². The van der Waals surface area contributed by atoms with E-state index in [-0.39, 0.29) is 12.3 Å². The average molecular weight is 314 g/mol. The van der Waals surface area contributed by atoms with Gasteiger partial charge in [-0.15, -0.1) is 11.3 Å². The molecule has 114 valence electrons. The summed E-state index contributed by atoms with van der Waals surface area (Å²) in [6.45, 7) is 6.16. The van der Waals surface area contributed by atoms with Crippen LogP contribution >= 0.6 is 11.3 Å². The number of anilines is 1. The molecule has 1 amide bonds. The van der Waals surface area contributed by atoms with Crippen molar-refractivity contribution in [1.82, 2.24) is 4.98 Å². The molecule has 4 nitrogen and oxygen atoms in total. The van der Waals surface area contributed by atoms with E-state index in [1.54, 1.807) is 12.5 Å². The van der Waals surface area contributed by atoms with Gasteiger partial charge in [0, 0.05) is 22.0 Å². The quantitative estimate of drug-likeness (QED) is 0.783. The molecule has 0 aliphatic rings. The maximum atomic E-state index is 12.2. The van der Waals surface area contributed by atoms with Gasteiger partial charge in [-0.2, -0.15) is 0 Å². The molecule has 0 bridgehead atoms. The molecule has 2 heterocycles. The predicted molar refractivity (Wildman–Crippen MR) is 89.5 cm³/mol. The van der Waals surface area contributed by atoms with Crippen LogP contribution in [0.1, 0.15) is 28.5 Å². The Bertz CT molecular complexity index is 832. The molecule has 0 unspecified atom stereocenters. The lowest BCUT2D eigenvalue weighted by atomic mass is 10.0. The molecule has 22 heavy (non-hydrogen) atoms. The summed E-state index contributed by atoms with van der Waals surface area (Å²) < 4.78 is 5.64. The second-order valence-corrected chi connectivity index (χ2v) is 6.47. The van der Waals surface area contributed by atoms with Crippen molar-refractivity contribution >= 4 is 33.3 Å². The Morgan fingerprint density at radius 2 is 2.18 bits per heavy atom. The van der Waals surface area contributed by atoms with Gasteiger partial charge in [0.05, 0.1) is 12.7 Å². The summed E-state index contributed by atoms with van der Waals surface area (Å²) >= 11 is 1.52. The topological polar surface area (TPSA) is 55.1 Å². The molecule has 5 heteroatoms. The Kier molecular flexibility index (Phi) is 3.98. The average Bonchev–Trinajstić information content (AvgIpc) is 3.10. The van der Waals surface area contributed by atoms with Crippen molar-refractivity contribution in [3.63, 3.8) is 0 Å². The van der Waals surface area contributed by atoms with E-state index in [4.69, 9.17) is 4.42 Å². The third kappa shape index (κ3) is 2.76. The third-order valence-corrected chi connectivity index (χ3v) is 4.90. The number of benzene rings is 1. The number of hydrogen-bond acceptors (Lipinski definition) is 4. The van der Waals surface area contributed by atoms with Gasteiger partial charge < -0.3 is 9.73 Å². The lowest BCUT2D eigenvalue weighted by Crippen LogP contribution is -2.13. The molecule has 1 aromatic carbocycles. The number of nitrogens with one attached hydrogen (secondary N) is 1. The second-order valence-electron chi connectivity index (χ2n) is 5.36. The number of rotatable bonds is 4. The van der Waals surface area contributed by atoms with E-state index >= 15 is 0 Å². The molecule has 0 saturated heterocycles. The van der Waals surface area contributed by atoms with E-state index in [1.165, 1.54) is 16.9 Å². The first-order valence-corrected chi connectivity index (χ1v) is 8.11. The summed E-state index contributed by atoms with van der Waals surface area (Å²) in [5.74, 6) is -0.0714. The summed E-state index contributed by atoms with van der Waals surface area (Å²) in [4.78, 5) is 17.6. The van der Waals surface area contributed by atoms with Gasteiger partial charge in [0.1, 0.15) is 5.58 Å². The minimum absolute atomic E-state index is 0.0714. The lowest BCUT2D eigenvalue weighted by molar-refractivity contribution is -0.115. The number of fused-ring (bicyclic) bond motifs is 1. The highest BCUT2D eigenvalue weighted by atomic mass is 32.1. The molecule has 0 saturated carbocycles. The van der Waals surface area contributed by atoms with Crippen molar-refractivity contribution < 1.29 is 9.21 Å². The minimum atomic E-state index is -0.0714. The van der Waals surface area contributed by atoms with Crippen molar-refractivity contribution in [3.05, 3.63) is 46.2 Å². The summed E-state index contributed by atoms with van der Waals surface area (Å²) in [7, 11) is 0. The highest BCUT2D eigenvalue weighted by Gasteiger charge is 2.13. The van der Waals surface area contributed by atoms with Crippen molar-refractivity contribution in [2.75, 3.05) is 5.32 Å². The number of thiazole rings is 1. The van der Waals surface area contributed by atoms with E-state index in [0.717, 1.165) is 33.4 Å². The van der Waals surface area contributed by atoms with E-state index < -0.39 is 0 Å². The van der Waals surface area contributed by atoms with E-state index in [1.807, 2.05) is 13.0 Å². The minimum Gasteiger partial charge on any atom is -0.464 e. The molecule has 0 aliphatic heterocycles. The van der Waals surface area contributed by atoms with Crippen LogP contribution in [-0.2, 0) is 17.6 Å². The fourth-order valence-electron chi connectivity index (χ4n) is 2.39. The van der Waals surface area contributed by atoms with Crippen molar-refractivity contribution in [3.8, 4) is 0 Å².